The van der Waals surface area contributed by atoms with Gasteiger partial charge in [-0.3, -0.25) is 14.5 Å². The second-order valence-electron chi connectivity index (χ2n) is 7.44. The molecule has 0 aliphatic carbocycles. The number of nitrogens with zero attached hydrogens (tertiary/aromatic N) is 3. The number of oxazole rings is 2. The number of hydrogen-bond acceptors (Lipinski definition) is 8. The van der Waals surface area contributed by atoms with Crippen LogP contribution >= 0.6 is 23.5 Å². The summed E-state index contributed by atoms with van der Waals surface area (Å²) in [6.45, 7) is 0.160. The highest BCUT2D eigenvalue weighted by Crippen LogP contribution is 2.43. The predicted molar refractivity (Wildman–Crippen MR) is 129 cm³/mol. The van der Waals surface area contributed by atoms with E-state index < -0.39 is 11.8 Å². The van der Waals surface area contributed by atoms with E-state index in [9.17, 15) is 9.59 Å². The van der Waals surface area contributed by atoms with E-state index in [2.05, 4.69) is 9.97 Å². The molecular formula is C25H15N3O4S2. The molecule has 0 saturated heterocycles. The molecule has 0 N–H and O–H groups in total. The van der Waals surface area contributed by atoms with Crippen molar-refractivity contribution in [2.75, 3.05) is 0 Å². The summed E-state index contributed by atoms with van der Waals surface area (Å²) in [7, 11) is 0. The highest BCUT2D eigenvalue weighted by molar-refractivity contribution is 8.07. The van der Waals surface area contributed by atoms with Crippen LogP contribution in [0.15, 0.2) is 108 Å². The second kappa shape index (κ2) is 8.51. The molecule has 2 amide bonds. The van der Waals surface area contributed by atoms with E-state index in [4.69, 9.17) is 8.83 Å². The van der Waals surface area contributed by atoms with Crippen LogP contribution in [0.25, 0.3) is 22.2 Å². The summed E-state index contributed by atoms with van der Waals surface area (Å²) in [6, 6.07) is 24.1. The Bertz CT molecular complexity index is 1430. The molecule has 6 rings (SSSR count). The van der Waals surface area contributed by atoms with Gasteiger partial charge in [-0.15, -0.1) is 0 Å². The standard InChI is InChI=1S/C25H15N3O4S2/c29-22-20(33-24-26-16-10-4-6-12-18(16)31-24)21(23(30)28(22)14-15-8-2-1-3-9-15)34-25-27-17-11-5-7-13-19(17)32-25/h1-13H,14H2. The first kappa shape index (κ1) is 20.8. The highest BCUT2D eigenvalue weighted by atomic mass is 32.2. The number of carbonyl (C=O) groups is 2. The van der Waals surface area contributed by atoms with E-state index in [-0.39, 0.29) is 26.8 Å². The van der Waals surface area contributed by atoms with Gasteiger partial charge in [-0.25, -0.2) is 9.97 Å². The van der Waals surface area contributed by atoms with Crippen LogP contribution in [-0.4, -0.2) is 26.7 Å². The van der Waals surface area contributed by atoms with Gasteiger partial charge in [-0.2, -0.15) is 0 Å². The fourth-order valence-electron chi connectivity index (χ4n) is 3.59. The lowest BCUT2D eigenvalue weighted by Gasteiger charge is -2.14. The average molecular weight is 486 g/mol. The number of imide groups is 1. The number of thioether (sulfide) groups is 2. The van der Waals surface area contributed by atoms with Crippen LogP contribution in [-0.2, 0) is 16.1 Å². The zero-order valence-electron chi connectivity index (χ0n) is 17.5. The minimum Gasteiger partial charge on any atom is -0.431 e. The van der Waals surface area contributed by atoms with Crippen LogP contribution in [0.4, 0.5) is 0 Å². The molecule has 0 atom stereocenters. The maximum Gasteiger partial charge on any atom is 0.269 e. The summed E-state index contributed by atoms with van der Waals surface area (Å²) in [5, 5.41) is 0.573. The summed E-state index contributed by atoms with van der Waals surface area (Å²) in [5.41, 5.74) is 3.42. The van der Waals surface area contributed by atoms with Crippen molar-refractivity contribution in [3.05, 3.63) is 94.2 Å². The maximum atomic E-state index is 13.4. The summed E-state index contributed by atoms with van der Waals surface area (Å²) in [6.07, 6.45) is 0. The van der Waals surface area contributed by atoms with Crippen molar-refractivity contribution in [3.8, 4) is 0 Å². The Morgan fingerprint density at radius 3 is 1.62 bits per heavy atom. The quantitative estimate of drug-likeness (QED) is 0.286. The SMILES string of the molecule is O=C1C(Sc2nc3ccccc3o2)=C(Sc2nc3ccccc3o2)C(=O)N1Cc1ccccc1. The van der Waals surface area contributed by atoms with Crippen molar-refractivity contribution >= 4 is 57.5 Å². The predicted octanol–water partition coefficient (Wildman–Crippen LogP) is 5.63. The van der Waals surface area contributed by atoms with Crippen LogP contribution in [0.5, 0.6) is 0 Å². The third kappa shape index (κ3) is 3.78. The van der Waals surface area contributed by atoms with Gasteiger partial charge in [0, 0.05) is 0 Å². The van der Waals surface area contributed by atoms with Crippen molar-refractivity contribution in [3.63, 3.8) is 0 Å². The third-order valence-electron chi connectivity index (χ3n) is 5.20. The molecule has 9 heteroatoms. The normalized spacial score (nSPS) is 14.2. The molecule has 0 radical (unpaired) electrons. The molecule has 34 heavy (non-hydrogen) atoms. The Kier molecular flexibility index (Phi) is 5.20. The van der Waals surface area contributed by atoms with Gasteiger partial charge in [0.15, 0.2) is 11.2 Å². The molecule has 3 heterocycles. The molecule has 0 unspecified atom stereocenters. The molecular weight excluding hydrogens is 470 g/mol. The molecule has 2 aromatic heterocycles. The van der Waals surface area contributed by atoms with Gasteiger partial charge in [-0.1, -0.05) is 54.6 Å². The maximum absolute atomic E-state index is 13.4. The Hall–Kier alpha value is -3.82. The Morgan fingerprint density at radius 1 is 0.647 bits per heavy atom. The minimum absolute atomic E-state index is 0.160. The average Bonchev–Trinajstić information content (AvgIpc) is 3.52. The molecule has 166 valence electrons. The molecule has 0 fully saturated rings. The summed E-state index contributed by atoms with van der Waals surface area (Å²) < 4.78 is 11.6. The monoisotopic (exact) mass is 485 g/mol. The Morgan fingerprint density at radius 2 is 1.12 bits per heavy atom. The van der Waals surface area contributed by atoms with Crippen LogP contribution in [0.2, 0.25) is 0 Å². The number of hydrogen-bond donors (Lipinski definition) is 0. The molecule has 1 aliphatic heterocycles. The van der Waals surface area contributed by atoms with Crippen molar-refractivity contribution in [1.29, 1.82) is 0 Å². The van der Waals surface area contributed by atoms with Crippen LogP contribution in [0.3, 0.4) is 0 Å². The highest BCUT2D eigenvalue weighted by Gasteiger charge is 2.41. The lowest BCUT2D eigenvalue weighted by Crippen LogP contribution is -2.30. The number of fused-ring (bicyclic) bond motifs is 2. The fraction of sp³-hybridized carbons (Fsp3) is 0.0400. The van der Waals surface area contributed by atoms with E-state index >= 15 is 0 Å². The van der Waals surface area contributed by atoms with Gasteiger partial charge >= 0.3 is 0 Å². The van der Waals surface area contributed by atoms with Gasteiger partial charge in [0.05, 0.1) is 6.54 Å². The van der Waals surface area contributed by atoms with E-state index in [0.29, 0.717) is 22.2 Å². The van der Waals surface area contributed by atoms with E-state index in [1.54, 1.807) is 12.1 Å². The first-order chi connectivity index (χ1) is 16.7. The molecule has 3 aromatic carbocycles. The molecule has 0 bridgehead atoms. The summed E-state index contributed by atoms with van der Waals surface area (Å²) in [4.78, 5) is 37.4. The van der Waals surface area contributed by atoms with Crippen LogP contribution in [0, 0.1) is 0 Å². The molecule has 5 aromatic rings. The van der Waals surface area contributed by atoms with E-state index in [1.165, 1.54) is 4.90 Å². The lowest BCUT2D eigenvalue weighted by molar-refractivity contribution is -0.137. The van der Waals surface area contributed by atoms with Gasteiger partial charge in [-0.05, 0) is 53.4 Å². The van der Waals surface area contributed by atoms with Crippen molar-refractivity contribution in [1.82, 2.24) is 14.9 Å². The summed E-state index contributed by atoms with van der Waals surface area (Å²) >= 11 is 2.07. The molecule has 0 spiro atoms. The van der Waals surface area contributed by atoms with E-state index in [1.807, 2.05) is 66.7 Å². The first-order valence-electron chi connectivity index (χ1n) is 10.4. The zero-order valence-corrected chi connectivity index (χ0v) is 19.1. The van der Waals surface area contributed by atoms with Crippen molar-refractivity contribution in [2.24, 2.45) is 0 Å². The molecule has 0 saturated carbocycles. The number of para-hydroxylation sites is 4. The molecule has 1 aliphatic rings. The molecule has 7 nitrogen and oxygen atoms in total. The number of carbonyl (C=O) groups excluding carboxylic acids is 2. The second-order valence-corrected chi connectivity index (χ2v) is 9.36. The fourth-order valence-corrected chi connectivity index (χ4v) is 5.49. The summed E-state index contributed by atoms with van der Waals surface area (Å²) in [5.74, 6) is -0.806. The first-order valence-corrected chi connectivity index (χ1v) is 12.0. The Labute approximate surface area is 201 Å². The number of amides is 2. The third-order valence-corrected chi connectivity index (χ3v) is 7.19. The van der Waals surface area contributed by atoms with Gasteiger partial charge in [0.2, 0.25) is 0 Å². The zero-order chi connectivity index (χ0) is 23.1. The number of aromatic nitrogens is 2. The van der Waals surface area contributed by atoms with E-state index in [0.717, 1.165) is 29.1 Å². The van der Waals surface area contributed by atoms with Crippen molar-refractivity contribution in [2.45, 2.75) is 17.0 Å². The van der Waals surface area contributed by atoms with Crippen LogP contribution in [0.1, 0.15) is 5.56 Å². The Balaban J connectivity index is 1.38. The van der Waals surface area contributed by atoms with Crippen LogP contribution < -0.4 is 0 Å². The largest absolute Gasteiger partial charge is 0.431 e. The topological polar surface area (TPSA) is 89.4 Å². The number of benzene rings is 3. The van der Waals surface area contributed by atoms with Crippen molar-refractivity contribution < 1.29 is 18.4 Å². The lowest BCUT2D eigenvalue weighted by atomic mass is 10.2. The van der Waals surface area contributed by atoms with Gasteiger partial charge < -0.3 is 8.83 Å². The number of rotatable bonds is 6. The smallest absolute Gasteiger partial charge is 0.269 e. The van der Waals surface area contributed by atoms with Gasteiger partial charge in [0.25, 0.3) is 22.3 Å². The minimum atomic E-state index is -0.403. The van der Waals surface area contributed by atoms with Gasteiger partial charge in [0.1, 0.15) is 20.8 Å².